The Bertz CT molecular complexity index is 839. The van der Waals surface area contributed by atoms with E-state index in [2.05, 4.69) is 57.3 Å². The lowest BCUT2D eigenvalue weighted by Crippen LogP contribution is -2.27. The second-order valence-electron chi connectivity index (χ2n) is 7.99. The number of benzene rings is 2. The van der Waals surface area contributed by atoms with Crippen molar-refractivity contribution in [1.29, 1.82) is 0 Å². The van der Waals surface area contributed by atoms with E-state index in [1.165, 1.54) is 29.5 Å². The van der Waals surface area contributed by atoms with Crippen LogP contribution in [0.5, 0.6) is 5.75 Å². The topological polar surface area (TPSA) is 38.3 Å². The number of nitrogens with one attached hydrogen (secondary N) is 1. The maximum absolute atomic E-state index is 12.8. The maximum Gasteiger partial charge on any atom is 0.251 e. The first-order valence-electron chi connectivity index (χ1n) is 10.0. The summed E-state index contributed by atoms with van der Waals surface area (Å²) in [6.07, 6.45) is 4.69. The molecule has 2 aromatic rings. The van der Waals surface area contributed by atoms with Crippen molar-refractivity contribution in [2.24, 2.45) is 0 Å². The standard InChI is InChI=1S/C24H31NO2/c1-15(2)21-14-22(16(3)12-23(21)27-5)17(4)25-24(26)20-11-10-18-8-6-7-9-19(18)13-20/h10-15,17H,6-9H2,1-5H3,(H,25,26)/t17-/m0/s1. The number of methoxy groups -OCH3 is 1. The zero-order valence-corrected chi connectivity index (χ0v) is 17.2. The van der Waals surface area contributed by atoms with E-state index in [1.807, 2.05) is 6.07 Å². The Balaban J connectivity index is 1.81. The minimum Gasteiger partial charge on any atom is -0.496 e. The molecule has 0 fully saturated rings. The van der Waals surface area contributed by atoms with Gasteiger partial charge in [0.15, 0.2) is 0 Å². The molecule has 1 aliphatic carbocycles. The normalized spacial score (nSPS) is 14.6. The quantitative estimate of drug-likeness (QED) is 0.760. The summed E-state index contributed by atoms with van der Waals surface area (Å²) in [4.78, 5) is 12.8. The fraction of sp³-hybridized carbons (Fsp3) is 0.458. The number of hydrogen-bond donors (Lipinski definition) is 1. The average molecular weight is 366 g/mol. The molecule has 144 valence electrons. The van der Waals surface area contributed by atoms with Gasteiger partial charge in [0.05, 0.1) is 13.2 Å². The van der Waals surface area contributed by atoms with Crippen LogP contribution in [0.2, 0.25) is 0 Å². The second kappa shape index (κ2) is 8.16. The van der Waals surface area contributed by atoms with Crippen molar-refractivity contribution in [3.8, 4) is 5.75 Å². The molecule has 1 atom stereocenters. The molecule has 1 aliphatic rings. The van der Waals surface area contributed by atoms with Crippen LogP contribution in [0.1, 0.15) is 83.7 Å². The molecular formula is C24H31NO2. The minimum atomic E-state index is -0.0584. The summed E-state index contributed by atoms with van der Waals surface area (Å²) in [7, 11) is 1.71. The van der Waals surface area contributed by atoms with E-state index in [9.17, 15) is 4.79 Å². The van der Waals surface area contributed by atoms with Gasteiger partial charge in [0.25, 0.3) is 5.91 Å². The van der Waals surface area contributed by atoms with Crippen molar-refractivity contribution in [3.05, 3.63) is 63.7 Å². The molecule has 0 bridgehead atoms. The first kappa shape index (κ1) is 19.5. The van der Waals surface area contributed by atoms with Crippen LogP contribution in [0.25, 0.3) is 0 Å². The van der Waals surface area contributed by atoms with Crippen molar-refractivity contribution in [2.75, 3.05) is 7.11 Å². The Hall–Kier alpha value is -2.29. The highest BCUT2D eigenvalue weighted by atomic mass is 16.5. The van der Waals surface area contributed by atoms with E-state index in [1.54, 1.807) is 7.11 Å². The molecular weight excluding hydrogens is 334 g/mol. The monoisotopic (exact) mass is 365 g/mol. The number of carbonyl (C=O) groups excluding carboxylic acids is 1. The van der Waals surface area contributed by atoms with Crippen LogP contribution in [0.3, 0.4) is 0 Å². The third-order valence-electron chi connectivity index (χ3n) is 5.67. The fourth-order valence-electron chi connectivity index (χ4n) is 4.04. The number of amides is 1. The van der Waals surface area contributed by atoms with Crippen LogP contribution in [0.15, 0.2) is 30.3 Å². The van der Waals surface area contributed by atoms with Gasteiger partial charge in [0, 0.05) is 5.56 Å². The first-order valence-corrected chi connectivity index (χ1v) is 10.0. The lowest BCUT2D eigenvalue weighted by atomic mass is 9.90. The Morgan fingerprint density at radius 1 is 1.00 bits per heavy atom. The molecule has 0 spiro atoms. The smallest absolute Gasteiger partial charge is 0.251 e. The summed E-state index contributed by atoms with van der Waals surface area (Å²) >= 11 is 0. The van der Waals surface area contributed by atoms with Crippen LogP contribution in [-0.2, 0) is 12.8 Å². The SMILES string of the molecule is COc1cc(C)c([C@H](C)NC(=O)c2ccc3c(c2)CCCC3)cc1C(C)C. The molecule has 3 rings (SSSR count). The number of rotatable bonds is 5. The second-order valence-corrected chi connectivity index (χ2v) is 7.99. The van der Waals surface area contributed by atoms with Gasteiger partial charge in [-0.3, -0.25) is 4.79 Å². The number of carbonyl (C=O) groups is 1. The van der Waals surface area contributed by atoms with Crippen molar-refractivity contribution < 1.29 is 9.53 Å². The molecule has 3 nitrogen and oxygen atoms in total. The van der Waals surface area contributed by atoms with Crippen LogP contribution >= 0.6 is 0 Å². The Labute approximate surface area is 163 Å². The number of fused-ring (bicyclic) bond motifs is 1. The molecule has 0 radical (unpaired) electrons. The summed E-state index contributed by atoms with van der Waals surface area (Å²) in [6.45, 7) is 8.44. The first-order chi connectivity index (χ1) is 12.9. The van der Waals surface area contributed by atoms with Gasteiger partial charge in [0.1, 0.15) is 5.75 Å². The summed E-state index contributed by atoms with van der Waals surface area (Å²) in [5, 5.41) is 3.18. The van der Waals surface area contributed by atoms with E-state index in [0.717, 1.165) is 35.3 Å². The fourth-order valence-corrected chi connectivity index (χ4v) is 4.04. The van der Waals surface area contributed by atoms with Gasteiger partial charge in [-0.05, 0) is 97.5 Å². The molecule has 0 saturated carbocycles. The Morgan fingerprint density at radius 2 is 1.70 bits per heavy atom. The highest BCUT2D eigenvalue weighted by Gasteiger charge is 2.18. The molecule has 0 heterocycles. The number of hydrogen-bond acceptors (Lipinski definition) is 2. The van der Waals surface area contributed by atoms with Crippen LogP contribution in [0, 0.1) is 6.92 Å². The zero-order chi connectivity index (χ0) is 19.6. The Kier molecular flexibility index (Phi) is 5.88. The highest BCUT2D eigenvalue weighted by Crippen LogP contribution is 2.32. The van der Waals surface area contributed by atoms with E-state index in [4.69, 9.17) is 4.74 Å². The van der Waals surface area contributed by atoms with Gasteiger partial charge in [0.2, 0.25) is 0 Å². The Morgan fingerprint density at radius 3 is 2.37 bits per heavy atom. The summed E-state index contributed by atoms with van der Waals surface area (Å²) < 4.78 is 5.54. The van der Waals surface area contributed by atoms with Gasteiger partial charge in [-0.15, -0.1) is 0 Å². The highest BCUT2D eigenvalue weighted by molar-refractivity contribution is 5.94. The minimum absolute atomic E-state index is 0.00260. The van der Waals surface area contributed by atoms with E-state index in [0.29, 0.717) is 5.92 Å². The van der Waals surface area contributed by atoms with E-state index >= 15 is 0 Å². The van der Waals surface area contributed by atoms with Crippen LogP contribution in [-0.4, -0.2) is 13.0 Å². The molecule has 0 aromatic heterocycles. The summed E-state index contributed by atoms with van der Waals surface area (Å²) in [5.74, 6) is 1.28. The molecule has 1 N–H and O–H groups in total. The van der Waals surface area contributed by atoms with Gasteiger partial charge in [-0.25, -0.2) is 0 Å². The molecule has 1 amide bonds. The maximum atomic E-state index is 12.8. The van der Waals surface area contributed by atoms with Gasteiger partial charge >= 0.3 is 0 Å². The number of aryl methyl sites for hydroxylation is 3. The molecule has 2 aromatic carbocycles. The lowest BCUT2D eigenvalue weighted by Gasteiger charge is -2.21. The van der Waals surface area contributed by atoms with E-state index in [-0.39, 0.29) is 11.9 Å². The predicted molar refractivity (Wildman–Crippen MR) is 111 cm³/mol. The molecule has 0 aliphatic heterocycles. The van der Waals surface area contributed by atoms with Crippen LogP contribution < -0.4 is 10.1 Å². The molecule has 0 unspecified atom stereocenters. The van der Waals surface area contributed by atoms with Crippen molar-refractivity contribution >= 4 is 5.91 Å². The third kappa shape index (κ3) is 4.18. The van der Waals surface area contributed by atoms with Gasteiger partial charge < -0.3 is 10.1 Å². The van der Waals surface area contributed by atoms with Crippen LogP contribution in [0.4, 0.5) is 0 Å². The average Bonchev–Trinajstić information content (AvgIpc) is 2.66. The third-order valence-corrected chi connectivity index (χ3v) is 5.67. The van der Waals surface area contributed by atoms with Crippen molar-refractivity contribution in [3.63, 3.8) is 0 Å². The lowest BCUT2D eigenvalue weighted by molar-refractivity contribution is 0.0939. The van der Waals surface area contributed by atoms with Crippen molar-refractivity contribution in [1.82, 2.24) is 5.32 Å². The molecule has 27 heavy (non-hydrogen) atoms. The van der Waals surface area contributed by atoms with Gasteiger partial charge in [-0.1, -0.05) is 19.9 Å². The predicted octanol–water partition coefficient (Wildman–Crippen LogP) is 5.50. The molecule has 0 saturated heterocycles. The van der Waals surface area contributed by atoms with Gasteiger partial charge in [-0.2, -0.15) is 0 Å². The largest absolute Gasteiger partial charge is 0.496 e. The molecule has 3 heteroatoms. The summed E-state index contributed by atoms with van der Waals surface area (Å²) in [5.41, 5.74) is 6.95. The van der Waals surface area contributed by atoms with E-state index < -0.39 is 0 Å². The summed E-state index contributed by atoms with van der Waals surface area (Å²) in [6, 6.07) is 10.4. The van der Waals surface area contributed by atoms with Crippen molar-refractivity contribution in [2.45, 2.75) is 65.3 Å². The number of ether oxygens (including phenoxy) is 1. The zero-order valence-electron chi connectivity index (χ0n) is 17.2.